The average molecular weight is 393 g/mol. The zero-order valence-electron chi connectivity index (χ0n) is 14.4. The third kappa shape index (κ3) is 3.95. The van der Waals surface area contributed by atoms with Crippen LogP contribution >= 0.6 is 11.3 Å². The largest absolute Gasteiger partial charge is 0.469 e. The number of hydrogen-bond donors (Lipinski definition) is 1. The van der Waals surface area contributed by atoms with Crippen LogP contribution in [0.3, 0.4) is 0 Å². The highest BCUT2D eigenvalue weighted by atomic mass is 32.2. The molecular weight excluding hydrogens is 374 g/mol. The molecule has 0 radical (unpaired) electrons. The van der Waals surface area contributed by atoms with Crippen LogP contribution in [0.25, 0.3) is 10.6 Å². The number of hydrogen-bond acceptors (Lipinski definition) is 6. The molecule has 3 aromatic heterocycles. The van der Waals surface area contributed by atoms with Crippen LogP contribution in [-0.4, -0.2) is 36.0 Å². The molecule has 138 valence electrons. The average Bonchev–Trinajstić information content (AvgIpc) is 3.31. The Morgan fingerprint density at radius 1 is 1.27 bits per heavy atom. The number of furan rings is 1. The highest BCUT2D eigenvalue weighted by Crippen LogP contribution is 2.31. The number of nitrogens with zero attached hydrogens (tertiary/aromatic N) is 2. The van der Waals surface area contributed by atoms with E-state index in [0.717, 1.165) is 17.1 Å². The van der Waals surface area contributed by atoms with Crippen molar-refractivity contribution >= 4 is 21.4 Å². The molecule has 1 atom stereocenters. The molecule has 3 heterocycles. The lowest BCUT2D eigenvalue weighted by Gasteiger charge is -2.23. The van der Waals surface area contributed by atoms with E-state index in [1.807, 2.05) is 19.1 Å². The quantitative estimate of drug-likeness (QED) is 0.666. The summed E-state index contributed by atoms with van der Waals surface area (Å²) in [5.74, 6) is 0.838. The molecule has 0 aliphatic carbocycles. The Hall–Kier alpha value is -2.23. The Labute approximate surface area is 155 Å². The van der Waals surface area contributed by atoms with E-state index in [1.165, 1.54) is 10.4 Å². The lowest BCUT2D eigenvalue weighted by Crippen LogP contribution is -2.35. The Balaban J connectivity index is 1.74. The Morgan fingerprint density at radius 3 is 2.73 bits per heavy atom. The van der Waals surface area contributed by atoms with E-state index in [4.69, 9.17) is 4.42 Å². The van der Waals surface area contributed by atoms with Crippen molar-refractivity contribution in [3.63, 3.8) is 0 Å². The first-order valence-corrected chi connectivity index (χ1v) is 10.3. The number of nitrogens with one attached hydrogen (secondary N) is 1. The van der Waals surface area contributed by atoms with E-state index in [9.17, 15) is 13.2 Å². The van der Waals surface area contributed by atoms with Crippen molar-refractivity contribution in [2.45, 2.75) is 30.0 Å². The van der Waals surface area contributed by atoms with E-state index >= 15 is 0 Å². The van der Waals surface area contributed by atoms with E-state index in [1.54, 1.807) is 31.5 Å². The van der Waals surface area contributed by atoms with Gasteiger partial charge in [0.05, 0.1) is 11.1 Å². The topological polar surface area (TPSA) is 96.3 Å². The number of aryl methyl sites for hydroxylation is 1. The van der Waals surface area contributed by atoms with Crippen molar-refractivity contribution in [2.75, 3.05) is 7.05 Å². The zero-order valence-corrected chi connectivity index (χ0v) is 16.0. The van der Waals surface area contributed by atoms with Gasteiger partial charge in [-0.3, -0.25) is 4.79 Å². The molecule has 0 aliphatic heterocycles. The molecule has 1 N–H and O–H groups in total. The molecule has 0 spiro atoms. The minimum atomic E-state index is -3.60. The van der Waals surface area contributed by atoms with Gasteiger partial charge in [0, 0.05) is 25.6 Å². The van der Waals surface area contributed by atoms with Crippen LogP contribution in [0.4, 0.5) is 0 Å². The van der Waals surface area contributed by atoms with Gasteiger partial charge in [0.1, 0.15) is 15.7 Å². The summed E-state index contributed by atoms with van der Waals surface area (Å²) in [6.07, 6.45) is 2.94. The van der Waals surface area contributed by atoms with Gasteiger partial charge in [-0.05, 0) is 43.7 Å². The summed E-state index contributed by atoms with van der Waals surface area (Å²) in [6, 6.07) is 9.71. The maximum atomic E-state index is 12.9. The maximum absolute atomic E-state index is 12.9. The summed E-state index contributed by atoms with van der Waals surface area (Å²) in [7, 11) is -2.02. The smallest absolute Gasteiger partial charge is 0.264 e. The molecule has 0 amide bonds. The molecular formula is C17H19N3O4S2. The first-order valence-electron chi connectivity index (χ1n) is 8.04. The minimum absolute atomic E-state index is 0.179. The van der Waals surface area contributed by atoms with E-state index < -0.39 is 10.0 Å². The predicted octanol–water partition coefficient (Wildman–Crippen LogP) is 2.73. The lowest BCUT2D eigenvalue weighted by molar-refractivity contribution is 0.362. The monoisotopic (exact) mass is 393 g/mol. The highest BCUT2D eigenvalue weighted by Gasteiger charge is 2.27. The van der Waals surface area contributed by atoms with Gasteiger partial charge in [-0.2, -0.15) is 9.40 Å². The number of aromatic nitrogens is 2. The predicted molar refractivity (Wildman–Crippen MR) is 99.6 cm³/mol. The molecule has 0 fully saturated rings. The molecule has 0 aliphatic rings. The SMILES string of the molecule is CC(CCc1ccco1)N(C)S(=O)(=O)c1ccc(-c2ccc(=O)[nH]n2)s1. The molecule has 3 aromatic rings. The Kier molecular flexibility index (Phi) is 5.40. The van der Waals surface area contributed by atoms with E-state index in [0.29, 0.717) is 23.4 Å². The third-order valence-electron chi connectivity index (χ3n) is 4.16. The Bertz CT molecular complexity index is 1000. The second-order valence-electron chi connectivity index (χ2n) is 5.91. The molecule has 0 saturated carbocycles. The fraction of sp³-hybridized carbons (Fsp3) is 0.294. The summed E-state index contributed by atoms with van der Waals surface area (Å²) in [6.45, 7) is 1.87. The fourth-order valence-electron chi connectivity index (χ4n) is 2.44. The number of H-pyrrole nitrogens is 1. The van der Waals surface area contributed by atoms with Crippen molar-refractivity contribution in [1.29, 1.82) is 0 Å². The first kappa shape index (κ1) is 18.6. The van der Waals surface area contributed by atoms with Gasteiger partial charge < -0.3 is 4.42 Å². The van der Waals surface area contributed by atoms with Crippen molar-refractivity contribution in [2.24, 2.45) is 0 Å². The normalized spacial score (nSPS) is 13.2. The van der Waals surface area contributed by atoms with Gasteiger partial charge in [0.25, 0.3) is 15.6 Å². The molecule has 9 heteroatoms. The summed E-state index contributed by atoms with van der Waals surface area (Å²) in [5, 5.41) is 6.29. The van der Waals surface area contributed by atoms with Crippen LogP contribution < -0.4 is 5.56 Å². The maximum Gasteiger partial charge on any atom is 0.264 e. The van der Waals surface area contributed by atoms with Crippen molar-refractivity contribution in [3.05, 3.63) is 58.8 Å². The van der Waals surface area contributed by atoms with Crippen LogP contribution in [0.1, 0.15) is 19.1 Å². The van der Waals surface area contributed by atoms with E-state index in [2.05, 4.69) is 10.2 Å². The van der Waals surface area contributed by atoms with Crippen molar-refractivity contribution in [1.82, 2.24) is 14.5 Å². The van der Waals surface area contributed by atoms with Gasteiger partial charge in [-0.1, -0.05) is 0 Å². The van der Waals surface area contributed by atoms with Crippen LogP contribution in [0.2, 0.25) is 0 Å². The number of rotatable bonds is 7. The van der Waals surface area contributed by atoms with Gasteiger partial charge >= 0.3 is 0 Å². The number of thiophene rings is 1. The summed E-state index contributed by atoms with van der Waals surface area (Å²) >= 11 is 1.13. The second-order valence-corrected chi connectivity index (χ2v) is 9.22. The number of aromatic amines is 1. The molecule has 0 aromatic carbocycles. The molecule has 3 rings (SSSR count). The summed E-state index contributed by atoms with van der Waals surface area (Å²) in [5.41, 5.74) is 0.229. The summed E-state index contributed by atoms with van der Waals surface area (Å²) in [4.78, 5) is 11.8. The molecule has 1 unspecified atom stereocenters. The summed E-state index contributed by atoms with van der Waals surface area (Å²) < 4.78 is 32.7. The van der Waals surface area contributed by atoms with E-state index in [-0.39, 0.29) is 15.8 Å². The molecule has 7 nitrogen and oxygen atoms in total. The highest BCUT2D eigenvalue weighted by molar-refractivity contribution is 7.91. The van der Waals surface area contributed by atoms with Gasteiger partial charge in [0.2, 0.25) is 0 Å². The second kappa shape index (κ2) is 7.56. The van der Waals surface area contributed by atoms with Crippen LogP contribution in [-0.2, 0) is 16.4 Å². The van der Waals surface area contributed by atoms with Gasteiger partial charge in [0.15, 0.2) is 0 Å². The Morgan fingerprint density at radius 2 is 2.08 bits per heavy atom. The van der Waals surface area contributed by atoms with Gasteiger partial charge in [-0.25, -0.2) is 13.5 Å². The number of sulfonamides is 1. The van der Waals surface area contributed by atoms with Crippen LogP contribution in [0.15, 0.2) is 56.1 Å². The molecule has 0 bridgehead atoms. The van der Waals surface area contributed by atoms with Crippen molar-refractivity contribution in [3.8, 4) is 10.6 Å². The first-order chi connectivity index (χ1) is 12.4. The minimum Gasteiger partial charge on any atom is -0.469 e. The van der Waals surface area contributed by atoms with Gasteiger partial charge in [-0.15, -0.1) is 11.3 Å². The zero-order chi connectivity index (χ0) is 18.7. The van der Waals surface area contributed by atoms with Crippen LogP contribution in [0.5, 0.6) is 0 Å². The third-order valence-corrected chi connectivity index (χ3v) is 7.70. The fourth-order valence-corrected chi connectivity index (χ4v) is 5.30. The lowest BCUT2D eigenvalue weighted by atomic mass is 10.1. The molecule has 26 heavy (non-hydrogen) atoms. The van der Waals surface area contributed by atoms with Crippen LogP contribution in [0, 0.1) is 0 Å². The molecule has 0 saturated heterocycles. The van der Waals surface area contributed by atoms with Crippen molar-refractivity contribution < 1.29 is 12.8 Å². The standard InChI is InChI=1S/C17H19N3O4S2/c1-12(5-6-13-4-3-11-24-13)20(2)26(22,23)17-10-8-15(25-17)14-7-9-16(21)19-18-14/h3-4,7-12H,5-6H2,1-2H3,(H,19,21).